The number of rotatable bonds is 1. The zero-order chi connectivity index (χ0) is 12.7. The maximum absolute atomic E-state index is 3.49. The first-order valence-corrected chi connectivity index (χ1v) is 6.54. The second-order valence-corrected chi connectivity index (χ2v) is 4.83. The molecule has 0 unspecified atom stereocenters. The third kappa shape index (κ3) is 1.65. The molecule has 0 aromatic heterocycles. The summed E-state index contributed by atoms with van der Waals surface area (Å²) < 4.78 is 0. The summed E-state index contributed by atoms with van der Waals surface area (Å²) in [5.74, 6) is 0. The number of para-hydroxylation sites is 1. The first kappa shape index (κ1) is 10.4. The summed E-state index contributed by atoms with van der Waals surface area (Å²) in [6.07, 6.45) is 5.48. The third-order valence-electron chi connectivity index (χ3n) is 3.63. The Bertz CT molecular complexity index is 683. The molecule has 0 spiro atoms. The molecule has 4 rings (SSSR count). The molecule has 0 fully saturated rings. The second kappa shape index (κ2) is 4.02. The minimum absolute atomic E-state index is 1.00. The van der Waals surface area contributed by atoms with Gasteiger partial charge in [-0.15, -0.1) is 0 Å². The van der Waals surface area contributed by atoms with Crippen molar-refractivity contribution in [3.05, 3.63) is 83.6 Å². The molecular formula is C17H14N2. The molecule has 0 saturated carbocycles. The van der Waals surface area contributed by atoms with Gasteiger partial charge in [0.15, 0.2) is 0 Å². The summed E-state index contributed by atoms with van der Waals surface area (Å²) in [7, 11) is 0. The minimum Gasteiger partial charge on any atom is -0.293 e. The maximum Gasteiger partial charge on any atom is 0.0665 e. The molecule has 2 aliphatic heterocycles. The average molecular weight is 246 g/mol. The molecule has 19 heavy (non-hydrogen) atoms. The van der Waals surface area contributed by atoms with E-state index in [-0.39, 0.29) is 0 Å². The van der Waals surface area contributed by atoms with Crippen molar-refractivity contribution in [1.29, 1.82) is 0 Å². The molecule has 2 aromatic rings. The van der Waals surface area contributed by atoms with Gasteiger partial charge >= 0.3 is 0 Å². The van der Waals surface area contributed by atoms with Crippen LogP contribution in [0.4, 0.5) is 5.69 Å². The second-order valence-electron chi connectivity index (χ2n) is 4.83. The van der Waals surface area contributed by atoms with Crippen LogP contribution in [-0.2, 0) is 6.42 Å². The van der Waals surface area contributed by atoms with E-state index < -0.39 is 0 Å². The quantitative estimate of drug-likeness (QED) is 0.828. The first-order chi connectivity index (χ1) is 9.42. The highest BCUT2D eigenvalue weighted by atomic mass is 15.5. The number of hydrogen-bond donors (Lipinski definition) is 1. The highest BCUT2D eigenvalue weighted by Gasteiger charge is 2.24. The van der Waals surface area contributed by atoms with Gasteiger partial charge in [0.2, 0.25) is 0 Å². The maximum atomic E-state index is 3.49. The van der Waals surface area contributed by atoms with Crippen molar-refractivity contribution in [1.82, 2.24) is 5.43 Å². The van der Waals surface area contributed by atoms with Crippen molar-refractivity contribution in [3.8, 4) is 0 Å². The SMILES string of the molecule is C1=C(c2ccccc2)NN2C1=CCc1ccccc12. The van der Waals surface area contributed by atoms with Crippen LogP contribution in [0.1, 0.15) is 11.1 Å². The monoisotopic (exact) mass is 246 g/mol. The smallest absolute Gasteiger partial charge is 0.0665 e. The Hall–Kier alpha value is -2.48. The fourth-order valence-electron chi connectivity index (χ4n) is 2.66. The van der Waals surface area contributed by atoms with Crippen molar-refractivity contribution in [2.24, 2.45) is 0 Å². The number of nitrogens with one attached hydrogen (secondary N) is 1. The lowest BCUT2D eigenvalue weighted by atomic mass is 10.0. The summed E-state index contributed by atoms with van der Waals surface area (Å²) in [5.41, 5.74) is 9.71. The van der Waals surface area contributed by atoms with Crippen molar-refractivity contribution in [3.63, 3.8) is 0 Å². The Morgan fingerprint density at radius 3 is 2.58 bits per heavy atom. The molecule has 0 saturated heterocycles. The third-order valence-corrected chi connectivity index (χ3v) is 3.63. The molecule has 2 aliphatic rings. The van der Waals surface area contributed by atoms with Gasteiger partial charge in [-0.25, -0.2) is 0 Å². The van der Waals surface area contributed by atoms with Gasteiger partial charge in [-0.05, 0) is 29.7 Å². The van der Waals surface area contributed by atoms with E-state index in [9.17, 15) is 0 Å². The van der Waals surface area contributed by atoms with Crippen molar-refractivity contribution >= 4 is 11.4 Å². The molecule has 2 nitrogen and oxygen atoms in total. The molecule has 0 bridgehead atoms. The molecule has 0 radical (unpaired) electrons. The van der Waals surface area contributed by atoms with Crippen LogP contribution < -0.4 is 10.4 Å². The molecular weight excluding hydrogens is 232 g/mol. The fourth-order valence-corrected chi connectivity index (χ4v) is 2.66. The summed E-state index contributed by atoms with van der Waals surface area (Å²) in [6.45, 7) is 0. The largest absolute Gasteiger partial charge is 0.293 e. The van der Waals surface area contributed by atoms with Crippen LogP contribution in [0.5, 0.6) is 0 Å². The van der Waals surface area contributed by atoms with Crippen molar-refractivity contribution in [2.75, 3.05) is 5.01 Å². The van der Waals surface area contributed by atoms with Gasteiger partial charge in [0.05, 0.1) is 17.1 Å². The van der Waals surface area contributed by atoms with Crippen LogP contribution in [0, 0.1) is 0 Å². The minimum atomic E-state index is 1.00. The van der Waals surface area contributed by atoms with Crippen LogP contribution >= 0.6 is 0 Å². The van der Waals surface area contributed by atoms with Gasteiger partial charge in [0.1, 0.15) is 0 Å². The lowest BCUT2D eigenvalue weighted by molar-refractivity contribution is 0.876. The number of hydrogen-bond acceptors (Lipinski definition) is 2. The average Bonchev–Trinajstić information content (AvgIpc) is 2.93. The van der Waals surface area contributed by atoms with Gasteiger partial charge in [0.25, 0.3) is 0 Å². The van der Waals surface area contributed by atoms with Gasteiger partial charge in [0, 0.05) is 0 Å². The lowest BCUT2D eigenvalue weighted by Gasteiger charge is -2.27. The predicted octanol–water partition coefficient (Wildman–Crippen LogP) is 3.49. The van der Waals surface area contributed by atoms with Gasteiger partial charge in [-0.3, -0.25) is 10.4 Å². The summed E-state index contributed by atoms with van der Waals surface area (Å²) in [4.78, 5) is 0. The van der Waals surface area contributed by atoms with Crippen LogP contribution in [0.15, 0.2) is 72.4 Å². The molecule has 2 heteroatoms. The van der Waals surface area contributed by atoms with E-state index in [1.807, 2.05) is 6.07 Å². The van der Waals surface area contributed by atoms with Crippen molar-refractivity contribution < 1.29 is 0 Å². The van der Waals surface area contributed by atoms with Gasteiger partial charge < -0.3 is 0 Å². The van der Waals surface area contributed by atoms with E-state index in [4.69, 9.17) is 0 Å². The van der Waals surface area contributed by atoms with E-state index in [1.54, 1.807) is 0 Å². The Kier molecular flexibility index (Phi) is 2.21. The van der Waals surface area contributed by atoms with Crippen LogP contribution in [0.3, 0.4) is 0 Å². The van der Waals surface area contributed by atoms with Crippen molar-refractivity contribution in [2.45, 2.75) is 6.42 Å². The van der Waals surface area contributed by atoms with Crippen LogP contribution in [0.2, 0.25) is 0 Å². The zero-order valence-corrected chi connectivity index (χ0v) is 10.5. The molecule has 2 heterocycles. The van der Waals surface area contributed by atoms with E-state index in [0.717, 1.165) is 12.1 Å². The molecule has 92 valence electrons. The van der Waals surface area contributed by atoms with Gasteiger partial charge in [-0.2, -0.15) is 0 Å². The number of benzene rings is 2. The Balaban J connectivity index is 1.74. The highest BCUT2D eigenvalue weighted by Crippen LogP contribution is 2.34. The molecule has 2 aromatic carbocycles. The Morgan fingerprint density at radius 1 is 0.895 bits per heavy atom. The Morgan fingerprint density at radius 2 is 1.68 bits per heavy atom. The Labute approximate surface area is 112 Å². The number of allylic oxidation sites excluding steroid dienone is 2. The number of nitrogens with zero attached hydrogens (tertiary/aromatic N) is 1. The first-order valence-electron chi connectivity index (χ1n) is 6.54. The topological polar surface area (TPSA) is 15.3 Å². The molecule has 0 atom stereocenters. The molecule has 0 amide bonds. The predicted molar refractivity (Wildman–Crippen MR) is 78.3 cm³/mol. The van der Waals surface area contributed by atoms with Crippen LogP contribution in [0.25, 0.3) is 5.70 Å². The lowest BCUT2D eigenvalue weighted by Crippen LogP contribution is -2.32. The summed E-state index contributed by atoms with van der Waals surface area (Å²) in [6, 6.07) is 19.0. The standard InChI is InChI=1S/C17H14N2/c1-2-6-13(7-3-1)16-12-15-11-10-14-8-4-5-9-17(14)19(15)18-16/h1-9,11-12,18H,10H2. The van der Waals surface area contributed by atoms with Gasteiger partial charge in [-0.1, -0.05) is 54.6 Å². The highest BCUT2D eigenvalue weighted by molar-refractivity contribution is 5.78. The zero-order valence-electron chi connectivity index (χ0n) is 10.5. The number of anilines is 1. The number of hydrazine groups is 1. The van der Waals surface area contributed by atoms with E-state index >= 15 is 0 Å². The molecule has 1 N–H and O–H groups in total. The van der Waals surface area contributed by atoms with E-state index in [2.05, 4.69) is 71.1 Å². The molecule has 0 aliphatic carbocycles. The van der Waals surface area contributed by atoms with Crippen LogP contribution in [-0.4, -0.2) is 0 Å². The summed E-state index contributed by atoms with van der Waals surface area (Å²) >= 11 is 0. The fraction of sp³-hybridized carbons (Fsp3) is 0.0588. The van der Waals surface area contributed by atoms with E-state index in [1.165, 1.54) is 22.5 Å². The van der Waals surface area contributed by atoms with E-state index in [0.29, 0.717) is 0 Å². The number of fused-ring (bicyclic) bond motifs is 3. The normalized spacial score (nSPS) is 16.1. The summed E-state index contributed by atoms with van der Waals surface area (Å²) in [5, 5.41) is 2.17.